The van der Waals surface area contributed by atoms with E-state index in [0.29, 0.717) is 12.3 Å². The number of hydrogen-bond acceptors (Lipinski definition) is 4. The van der Waals surface area contributed by atoms with Crippen molar-refractivity contribution in [2.24, 2.45) is 0 Å². The lowest BCUT2D eigenvalue weighted by atomic mass is 10.4. The van der Waals surface area contributed by atoms with E-state index in [0.717, 1.165) is 0 Å². The Kier molecular flexibility index (Phi) is 2.14. The van der Waals surface area contributed by atoms with Gasteiger partial charge in [-0.3, -0.25) is 4.40 Å². The monoisotopic (exact) mass is 191 g/mol. The zero-order valence-electron chi connectivity index (χ0n) is 7.67. The second-order valence-corrected chi connectivity index (χ2v) is 2.69. The first kappa shape index (κ1) is 8.68. The van der Waals surface area contributed by atoms with Crippen molar-refractivity contribution in [3.63, 3.8) is 0 Å². The van der Waals surface area contributed by atoms with Crippen molar-refractivity contribution >= 4 is 11.6 Å². The average Bonchev–Trinajstić information content (AvgIpc) is 2.64. The fourth-order valence-electron chi connectivity index (χ4n) is 1.13. The Morgan fingerprint density at radius 3 is 3.21 bits per heavy atom. The maximum atomic E-state index is 11.3. The fourth-order valence-corrected chi connectivity index (χ4v) is 1.13. The number of imidazole rings is 1. The van der Waals surface area contributed by atoms with Crippen LogP contribution in [0.3, 0.4) is 0 Å². The zero-order valence-corrected chi connectivity index (χ0v) is 7.67. The summed E-state index contributed by atoms with van der Waals surface area (Å²) in [6, 6.07) is 1.60. The standard InChI is InChI=1S/C9H9N3O2/c1-2-14-9(13)7-5-8-10-3-4-12(8)6-11-7/h3-6H,2H2,1H3. The molecule has 0 radical (unpaired) electrons. The van der Waals surface area contributed by atoms with Crippen LogP contribution in [0.2, 0.25) is 0 Å². The fraction of sp³-hybridized carbons (Fsp3) is 0.222. The summed E-state index contributed by atoms with van der Waals surface area (Å²) in [4.78, 5) is 19.3. The molecule has 0 atom stereocenters. The first-order chi connectivity index (χ1) is 6.81. The van der Waals surface area contributed by atoms with Gasteiger partial charge in [-0.05, 0) is 6.92 Å². The van der Waals surface area contributed by atoms with Crippen LogP contribution in [0.4, 0.5) is 0 Å². The van der Waals surface area contributed by atoms with Gasteiger partial charge >= 0.3 is 5.97 Å². The van der Waals surface area contributed by atoms with Gasteiger partial charge in [0.05, 0.1) is 6.61 Å². The summed E-state index contributed by atoms with van der Waals surface area (Å²) in [6.07, 6.45) is 4.94. The molecule has 0 aliphatic carbocycles. The van der Waals surface area contributed by atoms with E-state index in [1.54, 1.807) is 29.8 Å². The Bertz CT molecular complexity index is 464. The van der Waals surface area contributed by atoms with Crippen molar-refractivity contribution in [3.05, 3.63) is 30.5 Å². The van der Waals surface area contributed by atoms with Crippen LogP contribution < -0.4 is 0 Å². The lowest BCUT2D eigenvalue weighted by molar-refractivity contribution is 0.0519. The minimum Gasteiger partial charge on any atom is -0.461 e. The third kappa shape index (κ3) is 1.44. The summed E-state index contributed by atoms with van der Waals surface area (Å²) in [7, 11) is 0. The van der Waals surface area contributed by atoms with Gasteiger partial charge in [0, 0.05) is 18.5 Å². The number of carbonyl (C=O) groups is 1. The van der Waals surface area contributed by atoms with E-state index < -0.39 is 5.97 Å². The van der Waals surface area contributed by atoms with Crippen LogP contribution >= 0.6 is 0 Å². The Hall–Kier alpha value is -1.91. The van der Waals surface area contributed by atoms with E-state index in [9.17, 15) is 4.79 Å². The largest absolute Gasteiger partial charge is 0.461 e. The molecule has 2 rings (SSSR count). The maximum absolute atomic E-state index is 11.3. The number of fused-ring (bicyclic) bond motifs is 1. The summed E-state index contributed by atoms with van der Waals surface area (Å²) in [5.41, 5.74) is 0.966. The van der Waals surface area contributed by atoms with E-state index in [2.05, 4.69) is 9.97 Å². The summed E-state index contributed by atoms with van der Waals surface area (Å²) in [6.45, 7) is 2.10. The van der Waals surface area contributed by atoms with Gasteiger partial charge in [0.2, 0.25) is 0 Å². The molecule has 5 heteroatoms. The highest BCUT2D eigenvalue weighted by atomic mass is 16.5. The molecule has 2 aromatic heterocycles. The lowest BCUT2D eigenvalue weighted by Gasteiger charge is -2.00. The Labute approximate surface area is 80.4 Å². The number of carbonyl (C=O) groups excluding carboxylic acids is 1. The molecule has 0 bridgehead atoms. The molecule has 5 nitrogen and oxygen atoms in total. The van der Waals surface area contributed by atoms with Crippen LogP contribution in [0.1, 0.15) is 17.4 Å². The first-order valence-electron chi connectivity index (χ1n) is 4.27. The van der Waals surface area contributed by atoms with Crippen LogP contribution in [0.5, 0.6) is 0 Å². The van der Waals surface area contributed by atoms with Crippen LogP contribution in [-0.4, -0.2) is 26.9 Å². The van der Waals surface area contributed by atoms with Gasteiger partial charge < -0.3 is 4.74 Å². The molecule has 0 amide bonds. The molecular weight excluding hydrogens is 182 g/mol. The molecule has 2 heterocycles. The normalized spacial score (nSPS) is 10.4. The van der Waals surface area contributed by atoms with Crippen molar-refractivity contribution in [1.29, 1.82) is 0 Å². The second-order valence-electron chi connectivity index (χ2n) is 2.69. The van der Waals surface area contributed by atoms with Crippen LogP contribution in [-0.2, 0) is 4.74 Å². The quantitative estimate of drug-likeness (QED) is 0.662. The molecule has 0 aliphatic rings. The molecule has 0 saturated carbocycles. The topological polar surface area (TPSA) is 56.5 Å². The smallest absolute Gasteiger partial charge is 0.357 e. The van der Waals surface area contributed by atoms with Gasteiger partial charge in [-0.2, -0.15) is 0 Å². The number of rotatable bonds is 2. The zero-order chi connectivity index (χ0) is 9.97. The van der Waals surface area contributed by atoms with Crippen molar-refractivity contribution in [1.82, 2.24) is 14.4 Å². The second kappa shape index (κ2) is 3.45. The van der Waals surface area contributed by atoms with E-state index in [1.165, 1.54) is 6.33 Å². The SMILES string of the molecule is CCOC(=O)c1cc2nccn2cn1. The highest BCUT2D eigenvalue weighted by Gasteiger charge is 2.08. The summed E-state index contributed by atoms with van der Waals surface area (Å²) >= 11 is 0. The molecule has 14 heavy (non-hydrogen) atoms. The lowest BCUT2D eigenvalue weighted by Crippen LogP contribution is -2.07. The molecule has 0 N–H and O–H groups in total. The summed E-state index contributed by atoms with van der Waals surface area (Å²) in [5.74, 6) is -0.419. The van der Waals surface area contributed by atoms with Crippen molar-refractivity contribution in [2.75, 3.05) is 6.61 Å². The minimum atomic E-state index is -0.419. The van der Waals surface area contributed by atoms with Gasteiger partial charge in [0.15, 0.2) is 5.69 Å². The number of aromatic nitrogens is 3. The molecule has 0 aliphatic heterocycles. The molecule has 0 aromatic carbocycles. The van der Waals surface area contributed by atoms with E-state index in [4.69, 9.17) is 4.74 Å². The molecule has 0 saturated heterocycles. The third-order valence-electron chi connectivity index (χ3n) is 1.77. The molecule has 0 spiro atoms. The number of nitrogens with zero attached hydrogens (tertiary/aromatic N) is 3. The van der Waals surface area contributed by atoms with E-state index in [-0.39, 0.29) is 5.69 Å². The predicted octanol–water partition coefficient (Wildman–Crippen LogP) is 0.906. The number of esters is 1. The molecular formula is C9H9N3O2. The maximum Gasteiger partial charge on any atom is 0.357 e. The Morgan fingerprint density at radius 1 is 1.57 bits per heavy atom. The van der Waals surface area contributed by atoms with Gasteiger partial charge in [0.1, 0.15) is 12.0 Å². The summed E-state index contributed by atoms with van der Waals surface area (Å²) < 4.78 is 6.54. The van der Waals surface area contributed by atoms with Crippen LogP contribution in [0, 0.1) is 0 Å². The highest BCUT2D eigenvalue weighted by Crippen LogP contribution is 2.03. The molecule has 72 valence electrons. The summed E-state index contributed by atoms with van der Waals surface area (Å²) in [5, 5.41) is 0. The van der Waals surface area contributed by atoms with Gasteiger partial charge in [0.25, 0.3) is 0 Å². The minimum absolute atomic E-state index is 0.283. The van der Waals surface area contributed by atoms with Gasteiger partial charge in [-0.25, -0.2) is 14.8 Å². The first-order valence-corrected chi connectivity index (χ1v) is 4.27. The molecule has 0 fully saturated rings. The number of ether oxygens (including phenoxy) is 1. The molecule has 2 aromatic rings. The van der Waals surface area contributed by atoms with E-state index in [1.807, 2.05) is 0 Å². The number of hydrogen-bond donors (Lipinski definition) is 0. The predicted molar refractivity (Wildman–Crippen MR) is 48.9 cm³/mol. The average molecular weight is 191 g/mol. The van der Waals surface area contributed by atoms with Crippen LogP contribution in [0.25, 0.3) is 5.65 Å². The van der Waals surface area contributed by atoms with Crippen molar-refractivity contribution in [3.8, 4) is 0 Å². The van der Waals surface area contributed by atoms with E-state index >= 15 is 0 Å². The van der Waals surface area contributed by atoms with Gasteiger partial charge in [-0.1, -0.05) is 0 Å². The van der Waals surface area contributed by atoms with Crippen molar-refractivity contribution < 1.29 is 9.53 Å². The van der Waals surface area contributed by atoms with Crippen molar-refractivity contribution in [2.45, 2.75) is 6.92 Å². The third-order valence-corrected chi connectivity index (χ3v) is 1.77. The molecule has 0 unspecified atom stereocenters. The highest BCUT2D eigenvalue weighted by molar-refractivity contribution is 5.88. The Morgan fingerprint density at radius 2 is 2.43 bits per heavy atom. The Balaban J connectivity index is 2.38. The van der Waals surface area contributed by atoms with Crippen LogP contribution in [0.15, 0.2) is 24.8 Å². The van der Waals surface area contributed by atoms with Gasteiger partial charge in [-0.15, -0.1) is 0 Å².